The second-order valence-electron chi connectivity index (χ2n) is 4.00. The molecule has 0 bridgehead atoms. The van der Waals surface area contributed by atoms with Gasteiger partial charge in [0.2, 0.25) is 10.0 Å². The molecular formula is C10H17N3O3S2. The van der Waals surface area contributed by atoms with E-state index in [0.29, 0.717) is 17.1 Å². The second-order valence-corrected chi connectivity index (χ2v) is 6.69. The number of thioether (sulfide) groups is 1. The van der Waals surface area contributed by atoms with Crippen LogP contribution < -0.4 is 4.31 Å². The van der Waals surface area contributed by atoms with Crippen molar-refractivity contribution in [1.29, 1.82) is 0 Å². The summed E-state index contributed by atoms with van der Waals surface area (Å²) in [4.78, 5) is 12.0. The van der Waals surface area contributed by atoms with E-state index in [0.717, 1.165) is 10.6 Å². The minimum Gasteiger partial charge on any atom is -0.272 e. The maximum atomic E-state index is 12.0. The van der Waals surface area contributed by atoms with Crippen LogP contribution in [0.1, 0.15) is 11.4 Å². The first kappa shape index (κ1) is 15.0. The van der Waals surface area contributed by atoms with E-state index >= 15 is 0 Å². The normalized spacial score (nSPS) is 11.6. The van der Waals surface area contributed by atoms with Crippen molar-refractivity contribution in [2.75, 3.05) is 22.6 Å². The van der Waals surface area contributed by atoms with Crippen LogP contribution in [0.15, 0.2) is 0 Å². The highest BCUT2D eigenvalue weighted by Crippen LogP contribution is 2.26. The van der Waals surface area contributed by atoms with Crippen molar-refractivity contribution in [3.05, 3.63) is 11.4 Å². The van der Waals surface area contributed by atoms with Gasteiger partial charge in [-0.3, -0.25) is 9.48 Å². The quantitative estimate of drug-likeness (QED) is 0.816. The van der Waals surface area contributed by atoms with Crippen molar-refractivity contribution >= 4 is 33.4 Å². The number of aryl methyl sites for hydroxylation is 2. The average Bonchev–Trinajstić information content (AvgIpc) is 2.44. The summed E-state index contributed by atoms with van der Waals surface area (Å²) in [5, 5.41) is 4.14. The summed E-state index contributed by atoms with van der Waals surface area (Å²) in [6.45, 7) is 3.42. The van der Waals surface area contributed by atoms with Crippen molar-refractivity contribution in [3.8, 4) is 0 Å². The zero-order chi connectivity index (χ0) is 14.1. The van der Waals surface area contributed by atoms with Crippen molar-refractivity contribution in [2.24, 2.45) is 7.05 Å². The van der Waals surface area contributed by atoms with E-state index in [9.17, 15) is 13.2 Å². The molecule has 0 unspecified atom stereocenters. The molecule has 0 radical (unpaired) electrons. The summed E-state index contributed by atoms with van der Waals surface area (Å²) < 4.78 is 26.1. The summed E-state index contributed by atoms with van der Waals surface area (Å²) in [7, 11) is -1.94. The summed E-state index contributed by atoms with van der Waals surface area (Å²) in [5.41, 5.74) is 1.53. The molecule has 8 heteroatoms. The van der Waals surface area contributed by atoms with Crippen molar-refractivity contribution in [3.63, 3.8) is 0 Å². The lowest BCUT2D eigenvalue weighted by molar-refractivity contribution is -0.115. The standard InChI is InChI=1S/C10H17N3O3S2/c1-7-10(8(2)12(3)11-7)13(18(5,15)16)9(14)6-17-4/h6H2,1-5H3. The molecule has 1 amide bonds. The summed E-state index contributed by atoms with van der Waals surface area (Å²) in [6, 6.07) is 0. The third-order valence-electron chi connectivity index (χ3n) is 2.50. The number of carbonyl (C=O) groups is 1. The number of nitrogens with zero attached hydrogens (tertiary/aromatic N) is 3. The van der Waals surface area contributed by atoms with Gasteiger partial charge in [-0.25, -0.2) is 12.7 Å². The molecule has 1 heterocycles. The molecule has 0 aliphatic carbocycles. The highest BCUT2D eigenvalue weighted by atomic mass is 32.2. The molecule has 1 aromatic heterocycles. The molecule has 0 fully saturated rings. The number of anilines is 1. The predicted molar refractivity (Wildman–Crippen MR) is 73.4 cm³/mol. The van der Waals surface area contributed by atoms with Crippen LogP contribution >= 0.6 is 11.8 Å². The van der Waals surface area contributed by atoms with Gasteiger partial charge < -0.3 is 0 Å². The molecular weight excluding hydrogens is 274 g/mol. The second kappa shape index (κ2) is 5.31. The Balaban J connectivity index is 3.41. The first-order chi connectivity index (χ1) is 8.20. The Bertz CT molecular complexity index is 563. The SMILES string of the molecule is CSCC(=O)N(c1c(C)nn(C)c1C)S(C)(=O)=O. The largest absolute Gasteiger partial charge is 0.272 e. The number of carbonyl (C=O) groups excluding carboxylic acids is 1. The molecule has 0 aromatic carbocycles. The third-order valence-corrected chi connectivity index (χ3v) is 4.09. The summed E-state index contributed by atoms with van der Waals surface area (Å²) in [5.74, 6) is -0.342. The Hall–Kier alpha value is -1.02. The van der Waals surface area contributed by atoms with Gasteiger partial charge >= 0.3 is 0 Å². The smallest absolute Gasteiger partial charge is 0.250 e. The molecule has 0 aliphatic heterocycles. The monoisotopic (exact) mass is 291 g/mol. The number of rotatable bonds is 4. The maximum Gasteiger partial charge on any atom is 0.250 e. The minimum absolute atomic E-state index is 0.112. The van der Waals surface area contributed by atoms with Gasteiger partial charge in [-0.2, -0.15) is 16.9 Å². The van der Waals surface area contributed by atoms with Gasteiger partial charge in [-0.1, -0.05) is 0 Å². The van der Waals surface area contributed by atoms with Gasteiger partial charge in [-0.15, -0.1) is 0 Å². The predicted octanol–water partition coefficient (Wildman–Crippen LogP) is 0.693. The molecule has 0 aliphatic rings. The molecule has 18 heavy (non-hydrogen) atoms. The zero-order valence-corrected chi connectivity index (χ0v) is 12.7. The Morgan fingerprint density at radius 3 is 2.33 bits per heavy atom. The first-order valence-corrected chi connectivity index (χ1v) is 8.46. The Labute approximate surface area is 111 Å². The van der Waals surface area contributed by atoms with E-state index in [2.05, 4.69) is 5.10 Å². The number of hydrogen-bond acceptors (Lipinski definition) is 5. The van der Waals surface area contributed by atoms with Crippen LogP contribution in [-0.4, -0.2) is 42.4 Å². The van der Waals surface area contributed by atoms with Gasteiger partial charge in [0, 0.05) is 7.05 Å². The van der Waals surface area contributed by atoms with Crippen LogP contribution in [0.5, 0.6) is 0 Å². The molecule has 0 saturated carbocycles. The molecule has 102 valence electrons. The van der Waals surface area contributed by atoms with Crippen LogP contribution in [0.25, 0.3) is 0 Å². The van der Waals surface area contributed by atoms with E-state index in [-0.39, 0.29) is 5.75 Å². The summed E-state index contributed by atoms with van der Waals surface area (Å²) >= 11 is 1.28. The van der Waals surface area contributed by atoms with Crippen LogP contribution in [-0.2, 0) is 21.9 Å². The lowest BCUT2D eigenvalue weighted by atomic mass is 10.3. The highest BCUT2D eigenvalue weighted by Gasteiger charge is 2.29. The van der Waals surface area contributed by atoms with E-state index in [1.807, 2.05) is 0 Å². The van der Waals surface area contributed by atoms with Crippen molar-refractivity contribution in [1.82, 2.24) is 9.78 Å². The van der Waals surface area contributed by atoms with Crippen molar-refractivity contribution in [2.45, 2.75) is 13.8 Å². The molecule has 0 saturated heterocycles. The van der Waals surface area contributed by atoms with E-state index in [4.69, 9.17) is 0 Å². The lowest BCUT2D eigenvalue weighted by Gasteiger charge is -2.20. The Morgan fingerprint density at radius 2 is 2.00 bits per heavy atom. The Morgan fingerprint density at radius 1 is 1.44 bits per heavy atom. The average molecular weight is 291 g/mol. The van der Waals surface area contributed by atoms with E-state index < -0.39 is 15.9 Å². The number of hydrogen-bond donors (Lipinski definition) is 0. The topological polar surface area (TPSA) is 72.3 Å². The fraction of sp³-hybridized carbons (Fsp3) is 0.600. The van der Waals surface area contributed by atoms with Crippen LogP contribution in [0.3, 0.4) is 0 Å². The van der Waals surface area contributed by atoms with Gasteiger partial charge in [0.25, 0.3) is 5.91 Å². The minimum atomic E-state index is -3.65. The molecule has 1 rings (SSSR count). The molecule has 0 spiro atoms. The number of amides is 1. The molecule has 0 atom stereocenters. The zero-order valence-electron chi connectivity index (χ0n) is 11.1. The van der Waals surface area contributed by atoms with Gasteiger partial charge in [0.1, 0.15) is 5.69 Å². The lowest BCUT2D eigenvalue weighted by Crippen LogP contribution is -2.38. The molecule has 6 nitrogen and oxygen atoms in total. The fourth-order valence-corrected chi connectivity index (χ4v) is 3.20. The van der Waals surface area contributed by atoms with Crippen LogP contribution in [0.2, 0.25) is 0 Å². The van der Waals surface area contributed by atoms with E-state index in [1.54, 1.807) is 31.8 Å². The van der Waals surface area contributed by atoms with Gasteiger partial charge in [0.15, 0.2) is 0 Å². The fourth-order valence-electron chi connectivity index (χ4n) is 1.71. The maximum absolute atomic E-state index is 12.0. The third kappa shape index (κ3) is 2.86. The highest BCUT2D eigenvalue weighted by molar-refractivity contribution is 7.99. The van der Waals surface area contributed by atoms with Crippen LogP contribution in [0.4, 0.5) is 5.69 Å². The first-order valence-electron chi connectivity index (χ1n) is 5.22. The van der Waals surface area contributed by atoms with Crippen molar-refractivity contribution < 1.29 is 13.2 Å². The Kier molecular flexibility index (Phi) is 4.44. The molecule has 1 aromatic rings. The number of sulfonamides is 1. The molecule has 0 N–H and O–H groups in total. The summed E-state index contributed by atoms with van der Waals surface area (Å²) in [6.07, 6.45) is 2.78. The van der Waals surface area contributed by atoms with Crippen LogP contribution in [0, 0.1) is 13.8 Å². The van der Waals surface area contributed by atoms with Gasteiger partial charge in [0.05, 0.1) is 23.4 Å². The van der Waals surface area contributed by atoms with E-state index in [1.165, 1.54) is 11.8 Å². The number of aromatic nitrogens is 2. The van der Waals surface area contributed by atoms with Gasteiger partial charge in [-0.05, 0) is 20.1 Å².